The Morgan fingerprint density at radius 1 is 1.16 bits per heavy atom. The van der Waals surface area contributed by atoms with Crippen LogP contribution in [0.5, 0.6) is 5.75 Å². The molecule has 0 aromatic heterocycles. The van der Waals surface area contributed by atoms with Crippen LogP contribution in [0.1, 0.15) is 23.6 Å². The van der Waals surface area contributed by atoms with Crippen molar-refractivity contribution in [2.24, 2.45) is 5.73 Å². The summed E-state index contributed by atoms with van der Waals surface area (Å²) in [6.45, 7) is 2.65. The molecule has 2 rings (SSSR count). The highest BCUT2D eigenvalue weighted by Gasteiger charge is 2.06. The Balaban J connectivity index is 1.84. The highest BCUT2D eigenvalue weighted by atomic mass is 35.5. The lowest BCUT2D eigenvalue weighted by Gasteiger charge is -2.13. The van der Waals surface area contributed by atoms with E-state index in [2.05, 4.69) is 6.92 Å². The van der Waals surface area contributed by atoms with Crippen LogP contribution in [0.4, 0.5) is 0 Å². The van der Waals surface area contributed by atoms with Gasteiger partial charge in [-0.1, -0.05) is 41.4 Å². The van der Waals surface area contributed by atoms with E-state index >= 15 is 0 Å². The summed E-state index contributed by atoms with van der Waals surface area (Å²) >= 11 is 5.95. The standard InChI is InChI=1S/C16H18ClNO/c1-12-5-7-15(8-6-12)19-10-9-16(18)13-3-2-4-14(17)11-13/h2-8,11,16H,9-10,18H2,1H3. The molecule has 2 N–H and O–H groups in total. The summed E-state index contributed by atoms with van der Waals surface area (Å²) in [6, 6.07) is 15.6. The molecular weight excluding hydrogens is 258 g/mol. The van der Waals surface area contributed by atoms with E-state index in [0.29, 0.717) is 11.6 Å². The Kier molecular flexibility index (Phi) is 4.83. The van der Waals surface area contributed by atoms with E-state index in [1.807, 2.05) is 48.5 Å². The Labute approximate surface area is 119 Å². The normalized spacial score (nSPS) is 12.2. The molecule has 3 heteroatoms. The molecule has 2 aromatic carbocycles. The number of nitrogens with two attached hydrogens (primary N) is 1. The lowest BCUT2D eigenvalue weighted by Crippen LogP contribution is -2.14. The average molecular weight is 276 g/mol. The van der Waals surface area contributed by atoms with Gasteiger partial charge in [0.2, 0.25) is 0 Å². The maximum absolute atomic E-state index is 6.11. The summed E-state index contributed by atoms with van der Waals surface area (Å²) in [6.07, 6.45) is 0.758. The van der Waals surface area contributed by atoms with Crippen molar-refractivity contribution in [3.63, 3.8) is 0 Å². The lowest BCUT2D eigenvalue weighted by atomic mass is 10.1. The van der Waals surface area contributed by atoms with Crippen LogP contribution < -0.4 is 10.5 Å². The van der Waals surface area contributed by atoms with Crippen molar-refractivity contribution < 1.29 is 4.74 Å². The van der Waals surface area contributed by atoms with Crippen LogP contribution in [-0.4, -0.2) is 6.61 Å². The van der Waals surface area contributed by atoms with E-state index in [4.69, 9.17) is 22.1 Å². The minimum absolute atomic E-state index is 0.0517. The first-order chi connectivity index (χ1) is 9.15. The topological polar surface area (TPSA) is 35.2 Å². The second kappa shape index (κ2) is 6.60. The molecule has 2 aromatic rings. The first kappa shape index (κ1) is 13.9. The van der Waals surface area contributed by atoms with Crippen LogP contribution in [0.15, 0.2) is 48.5 Å². The molecule has 100 valence electrons. The zero-order valence-corrected chi connectivity index (χ0v) is 11.7. The number of ether oxygens (including phenoxy) is 1. The molecule has 0 radical (unpaired) electrons. The molecular formula is C16H18ClNO. The average Bonchev–Trinajstić information content (AvgIpc) is 2.41. The molecule has 0 spiro atoms. The Morgan fingerprint density at radius 2 is 1.89 bits per heavy atom. The van der Waals surface area contributed by atoms with Crippen molar-refractivity contribution in [2.75, 3.05) is 6.61 Å². The number of aryl methyl sites for hydroxylation is 1. The summed E-state index contributed by atoms with van der Waals surface area (Å²) in [5.41, 5.74) is 8.38. The zero-order valence-electron chi connectivity index (χ0n) is 11.0. The zero-order chi connectivity index (χ0) is 13.7. The highest BCUT2D eigenvalue weighted by Crippen LogP contribution is 2.19. The number of halogens is 1. The highest BCUT2D eigenvalue weighted by molar-refractivity contribution is 6.30. The van der Waals surface area contributed by atoms with E-state index in [-0.39, 0.29) is 6.04 Å². The van der Waals surface area contributed by atoms with Crippen LogP contribution in [0.2, 0.25) is 5.02 Å². The van der Waals surface area contributed by atoms with Crippen LogP contribution in [-0.2, 0) is 0 Å². The molecule has 0 saturated heterocycles. The monoisotopic (exact) mass is 275 g/mol. The molecule has 0 fully saturated rings. The Hall–Kier alpha value is -1.51. The van der Waals surface area contributed by atoms with Crippen LogP contribution in [0.25, 0.3) is 0 Å². The maximum atomic E-state index is 6.11. The van der Waals surface area contributed by atoms with Gasteiger partial charge in [0.25, 0.3) is 0 Å². The van der Waals surface area contributed by atoms with Gasteiger partial charge in [-0.25, -0.2) is 0 Å². The molecule has 0 saturated carbocycles. The fraction of sp³-hybridized carbons (Fsp3) is 0.250. The minimum Gasteiger partial charge on any atom is -0.494 e. The first-order valence-corrected chi connectivity index (χ1v) is 6.73. The van der Waals surface area contributed by atoms with Crippen LogP contribution >= 0.6 is 11.6 Å². The quantitative estimate of drug-likeness (QED) is 0.891. The Morgan fingerprint density at radius 3 is 2.58 bits per heavy atom. The number of benzene rings is 2. The van der Waals surface area contributed by atoms with Crippen molar-refractivity contribution in [1.29, 1.82) is 0 Å². The third kappa shape index (κ3) is 4.27. The van der Waals surface area contributed by atoms with E-state index in [0.717, 1.165) is 17.7 Å². The summed E-state index contributed by atoms with van der Waals surface area (Å²) < 4.78 is 5.67. The molecule has 1 unspecified atom stereocenters. The van der Waals surface area contributed by atoms with Gasteiger partial charge in [0.05, 0.1) is 6.61 Å². The summed E-state index contributed by atoms with van der Waals surface area (Å²) in [5, 5.41) is 0.715. The minimum atomic E-state index is -0.0517. The van der Waals surface area contributed by atoms with Crippen LogP contribution in [0, 0.1) is 6.92 Å². The second-order valence-corrected chi connectivity index (χ2v) is 5.05. The smallest absolute Gasteiger partial charge is 0.119 e. The molecule has 0 heterocycles. The first-order valence-electron chi connectivity index (χ1n) is 6.35. The predicted molar refractivity (Wildman–Crippen MR) is 79.7 cm³/mol. The van der Waals surface area contributed by atoms with Crippen molar-refractivity contribution in [3.8, 4) is 5.75 Å². The van der Waals surface area contributed by atoms with Crippen molar-refractivity contribution >= 4 is 11.6 Å². The molecule has 0 aliphatic rings. The number of rotatable bonds is 5. The van der Waals surface area contributed by atoms with Crippen molar-refractivity contribution in [1.82, 2.24) is 0 Å². The lowest BCUT2D eigenvalue weighted by molar-refractivity contribution is 0.298. The molecule has 2 nitrogen and oxygen atoms in total. The molecule has 19 heavy (non-hydrogen) atoms. The second-order valence-electron chi connectivity index (χ2n) is 4.61. The van der Waals surface area contributed by atoms with E-state index in [1.165, 1.54) is 5.56 Å². The number of hydrogen-bond donors (Lipinski definition) is 1. The molecule has 0 amide bonds. The third-order valence-corrected chi connectivity index (χ3v) is 3.23. The van der Waals surface area contributed by atoms with Gasteiger partial charge in [0, 0.05) is 17.5 Å². The largest absolute Gasteiger partial charge is 0.494 e. The van der Waals surface area contributed by atoms with Crippen molar-refractivity contribution in [3.05, 3.63) is 64.7 Å². The van der Waals surface area contributed by atoms with Gasteiger partial charge in [0.1, 0.15) is 5.75 Å². The molecule has 1 atom stereocenters. The molecule has 0 aliphatic heterocycles. The van der Waals surface area contributed by atoms with Gasteiger partial charge in [-0.3, -0.25) is 0 Å². The summed E-state index contributed by atoms with van der Waals surface area (Å²) in [5.74, 6) is 0.879. The predicted octanol–water partition coefficient (Wildman–Crippen LogP) is 4.12. The van der Waals surface area contributed by atoms with Gasteiger partial charge in [0.15, 0.2) is 0 Å². The summed E-state index contributed by atoms with van der Waals surface area (Å²) in [4.78, 5) is 0. The number of hydrogen-bond acceptors (Lipinski definition) is 2. The van der Waals surface area contributed by atoms with Gasteiger partial charge in [-0.15, -0.1) is 0 Å². The van der Waals surface area contributed by atoms with Crippen molar-refractivity contribution in [2.45, 2.75) is 19.4 Å². The molecule has 0 aliphatic carbocycles. The van der Waals surface area contributed by atoms with Gasteiger partial charge >= 0.3 is 0 Å². The van der Waals surface area contributed by atoms with E-state index < -0.39 is 0 Å². The maximum Gasteiger partial charge on any atom is 0.119 e. The van der Waals surface area contributed by atoms with Gasteiger partial charge < -0.3 is 10.5 Å². The fourth-order valence-corrected chi connectivity index (χ4v) is 2.04. The van der Waals surface area contributed by atoms with Crippen LogP contribution in [0.3, 0.4) is 0 Å². The van der Waals surface area contributed by atoms with E-state index in [1.54, 1.807) is 0 Å². The Bertz CT molecular complexity index is 525. The van der Waals surface area contributed by atoms with E-state index in [9.17, 15) is 0 Å². The molecule has 0 bridgehead atoms. The van der Waals surface area contributed by atoms with Gasteiger partial charge in [-0.2, -0.15) is 0 Å². The third-order valence-electron chi connectivity index (χ3n) is 3.00. The fourth-order valence-electron chi connectivity index (χ4n) is 1.84. The summed E-state index contributed by atoms with van der Waals surface area (Å²) in [7, 11) is 0. The SMILES string of the molecule is Cc1ccc(OCCC(N)c2cccc(Cl)c2)cc1. The van der Waals surface area contributed by atoms with Gasteiger partial charge in [-0.05, 0) is 36.8 Å².